The summed E-state index contributed by atoms with van der Waals surface area (Å²) in [6.45, 7) is 4.69. The van der Waals surface area contributed by atoms with Crippen LogP contribution in [0.2, 0.25) is 0 Å². The first-order chi connectivity index (χ1) is 15.0. The van der Waals surface area contributed by atoms with Crippen molar-refractivity contribution in [1.82, 2.24) is 5.32 Å². The lowest BCUT2D eigenvalue weighted by Gasteiger charge is -2.37. The standard InChI is InChI=1S/C25H35N3O2S/c1-2-31(29,30)27-23-11-8-12-24(19-23)28-17-13-22(14-18-28)26-20-25(15-6-7-16-25)21-9-4-3-5-10-21/h3-5,8-12,19,22,26-27H,2,6-7,13-18,20H2,1H3. The van der Waals surface area contributed by atoms with Gasteiger partial charge in [-0.05, 0) is 56.4 Å². The Labute approximate surface area is 187 Å². The van der Waals surface area contributed by atoms with E-state index in [1.165, 1.54) is 31.2 Å². The molecule has 0 bridgehead atoms. The van der Waals surface area contributed by atoms with E-state index < -0.39 is 10.0 Å². The van der Waals surface area contributed by atoms with Crippen LogP contribution in [0.5, 0.6) is 0 Å². The molecule has 0 aromatic heterocycles. The van der Waals surface area contributed by atoms with Gasteiger partial charge in [0, 0.05) is 36.8 Å². The maximum atomic E-state index is 11.9. The van der Waals surface area contributed by atoms with Crippen molar-refractivity contribution in [2.45, 2.75) is 56.9 Å². The zero-order valence-corrected chi connectivity index (χ0v) is 19.3. The largest absolute Gasteiger partial charge is 0.371 e. The highest BCUT2D eigenvalue weighted by molar-refractivity contribution is 7.92. The predicted octanol–water partition coefficient (Wildman–Crippen LogP) is 4.52. The van der Waals surface area contributed by atoms with Crippen LogP contribution in [-0.4, -0.2) is 39.8 Å². The number of nitrogens with zero attached hydrogens (tertiary/aromatic N) is 1. The molecule has 2 aliphatic rings. The van der Waals surface area contributed by atoms with Gasteiger partial charge in [-0.15, -0.1) is 0 Å². The molecule has 1 aliphatic heterocycles. The molecule has 2 N–H and O–H groups in total. The van der Waals surface area contributed by atoms with Crippen molar-refractivity contribution in [3.05, 3.63) is 60.2 Å². The number of sulfonamides is 1. The first-order valence-corrected chi connectivity index (χ1v) is 13.3. The Morgan fingerprint density at radius 1 is 1.00 bits per heavy atom. The third-order valence-corrected chi connectivity index (χ3v) is 8.34. The van der Waals surface area contributed by atoms with Crippen LogP contribution >= 0.6 is 0 Å². The number of rotatable bonds is 8. The summed E-state index contributed by atoms with van der Waals surface area (Å²) in [6.07, 6.45) is 7.43. The number of piperidine rings is 1. The number of nitrogens with one attached hydrogen (secondary N) is 2. The lowest BCUT2D eigenvalue weighted by Crippen LogP contribution is -2.46. The molecule has 2 fully saturated rings. The van der Waals surface area contributed by atoms with Crippen molar-refractivity contribution in [3.8, 4) is 0 Å². The lowest BCUT2D eigenvalue weighted by atomic mass is 9.78. The van der Waals surface area contributed by atoms with Crippen LogP contribution in [0, 0.1) is 0 Å². The van der Waals surface area contributed by atoms with E-state index in [0.29, 0.717) is 17.1 Å². The van der Waals surface area contributed by atoms with Crippen LogP contribution in [0.15, 0.2) is 54.6 Å². The molecule has 1 saturated heterocycles. The minimum absolute atomic E-state index is 0.0821. The Hall–Kier alpha value is -2.05. The summed E-state index contributed by atoms with van der Waals surface area (Å²) in [4.78, 5) is 2.37. The minimum Gasteiger partial charge on any atom is -0.371 e. The van der Waals surface area contributed by atoms with Gasteiger partial charge in [-0.3, -0.25) is 4.72 Å². The third kappa shape index (κ3) is 5.42. The van der Waals surface area contributed by atoms with Crippen LogP contribution in [0.3, 0.4) is 0 Å². The van der Waals surface area contributed by atoms with Gasteiger partial charge in [0.1, 0.15) is 0 Å². The van der Waals surface area contributed by atoms with Crippen molar-refractivity contribution in [2.75, 3.05) is 35.0 Å². The normalized spacial score (nSPS) is 19.5. The molecular formula is C25H35N3O2S. The van der Waals surface area contributed by atoms with Crippen molar-refractivity contribution in [1.29, 1.82) is 0 Å². The average Bonchev–Trinajstić information content (AvgIpc) is 3.29. The molecule has 1 saturated carbocycles. The monoisotopic (exact) mass is 441 g/mol. The molecule has 4 rings (SSSR count). The summed E-state index contributed by atoms with van der Waals surface area (Å²) in [7, 11) is -3.25. The highest BCUT2D eigenvalue weighted by Gasteiger charge is 2.36. The van der Waals surface area contributed by atoms with Crippen molar-refractivity contribution in [2.24, 2.45) is 0 Å². The van der Waals surface area contributed by atoms with Crippen molar-refractivity contribution >= 4 is 21.4 Å². The zero-order valence-electron chi connectivity index (χ0n) is 18.5. The second-order valence-electron chi connectivity index (χ2n) is 9.05. The van der Waals surface area contributed by atoms with Crippen molar-refractivity contribution in [3.63, 3.8) is 0 Å². The molecule has 0 radical (unpaired) electrons. The minimum atomic E-state index is -3.25. The highest BCUT2D eigenvalue weighted by atomic mass is 32.2. The molecule has 1 aliphatic carbocycles. The summed E-state index contributed by atoms with van der Waals surface area (Å²) in [5.41, 5.74) is 3.52. The fourth-order valence-electron chi connectivity index (χ4n) is 5.11. The first-order valence-electron chi connectivity index (χ1n) is 11.6. The summed E-state index contributed by atoms with van der Waals surface area (Å²) in [5, 5.41) is 3.91. The Balaban J connectivity index is 1.33. The molecule has 2 aromatic rings. The van der Waals surface area contributed by atoms with Gasteiger partial charge in [0.15, 0.2) is 0 Å². The zero-order chi connectivity index (χ0) is 21.7. The van der Waals surface area contributed by atoms with Gasteiger partial charge >= 0.3 is 0 Å². The number of hydrogen-bond acceptors (Lipinski definition) is 4. The molecule has 168 valence electrons. The van der Waals surface area contributed by atoms with E-state index in [4.69, 9.17) is 0 Å². The Morgan fingerprint density at radius 2 is 1.71 bits per heavy atom. The molecule has 2 aromatic carbocycles. The first kappa shape index (κ1) is 22.2. The molecule has 31 heavy (non-hydrogen) atoms. The van der Waals surface area contributed by atoms with Gasteiger partial charge in [0.05, 0.1) is 11.4 Å². The summed E-state index contributed by atoms with van der Waals surface area (Å²) < 4.78 is 26.4. The average molecular weight is 442 g/mol. The smallest absolute Gasteiger partial charge is 0.232 e. The number of benzene rings is 2. The van der Waals surface area contributed by atoms with Crippen molar-refractivity contribution < 1.29 is 8.42 Å². The number of hydrogen-bond donors (Lipinski definition) is 2. The summed E-state index contributed by atoms with van der Waals surface area (Å²) in [6, 6.07) is 19.4. The molecule has 1 heterocycles. The fraction of sp³-hybridized carbons (Fsp3) is 0.520. The SMILES string of the molecule is CCS(=O)(=O)Nc1cccc(N2CCC(NCC3(c4ccccc4)CCCC3)CC2)c1. The fourth-order valence-corrected chi connectivity index (χ4v) is 5.74. The van der Waals surface area contributed by atoms with E-state index in [2.05, 4.69) is 51.3 Å². The molecule has 0 unspecified atom stereocenters. The van der Waals surface area contributed by atoms with Gasteiger partial charge in [-0.2, -0.15) is 0 Å². The quantitative estimate of drug-likeness (QED) is 0.632. The molecule has 5 nitrogen and oxygen atoms in total. The van der Waals surface area contributed by atoms with Crippen LogP contribution in [0.4, 0.5) is 11.4 Å². The second-order valence-corrected chi connectivity index (χ2v) is 11.1. The van der Waals surface area contributed by atoms with Crippen LogP contribution in [0.25, 0.3) is 0 Å². The molecule has 0 atom stereocenters. The van der Waals surface area contributed by atoms with Crippen LogP contribution in [-0.2, 0) is 15.4 Å². The maximum Gasteiger partial charge on any atom is 0.232 e. The Morgan fingerprint density at radius 3 is 2.39 bits per heavy atom. The highest BCUT2D eigenvalue weighted by Crippen LogP contribution is 2.40. The van der Waals surface area contributed by atoms with E-state index in [-0.39, 0.29) is 5.75 Å². The summed E-state index contributed by atoms with van der Waals surface area (Å²) >= 11 is 0. The predicted molar refractivity (Wildman–Crippen MR) is 129 cm³/mol. The second kappa shape index (κ2) is 9.61. The van der Waals surface area contributed by atoms with E-state index >= 15 is 0 Å². The van der Waals surface area contributed by atoms with Gasteiger partial charge in [0.25, 0.3) is 0 Å². The van der Waals surface area contributed by atoms with E-state index in [0.717, 1.165) is 38.2 Å². The van der Waals surface area contributed by atoms with Crippen LogP contribution in [0.1, 0.15) is 51.0 Å². The maximum absolute atomic E-state index is 11.9. The van der Waals surface area contributed by atoms with Gasteiger partial charge in [0.2, 0.25) is 10.0 Å². The molecule has 6 heteroatoms. The van der Waals surface area contributed by atoms with Gasteiger partial charge in [-0.1, -0.05) is 49.2 Å². The topological polar surface area (TPSA) is 61.4 Å². The third-order valence-electron chi connectivity index (χ3n) is 7.04. The van der Waals surface area contributed by atoms with Gasteiger partial charge < -0.3 is 10.2 Å². The van der Waals surface area contributed by atoms with E-state index in [1.54, 1.807) is 6.92 Å². The molecule has 0 amide bonds. The Bertz CT molecular complexity index is 948. The van der Waals surface area contributed by atoms with E-state index in [9.17, 15) is 8.42 Å². The van der Waals surface area contributed by atoms with Crippen LogP contribution < -0.4 is 14.9 Å². The Kier molecular flexibility index (Phi) is 6.87. The van der Waals surface area contributed by atoms with Gasteiger partial charge in [-0.25, -0.2) is 8.42 Å². The van der Waals surface area contributed by atoms with E-state index in [1.807, 2.05) is 18.2 Å². The summed E-state index contributed by atoms with van der Waals surface area (Å²) in [5.74, 6) is 0.0821. The lowest BCUT2D eigenvalue weighted by molar-refractivity contribution is 0.341. The molecule has 0 spiro atoms. The molecular weight excluding hydrogens is 406 g/mol. The number of anilines is 2.